The Balaban J connectivity index is 1.34. The Hall–Kier alpha value is -3.29. The van der Waals surface area contributed by atoms with Crippen LogP contribution in [0.25, 0.3) is 22.5 Å². The average molecular weight is 464 g/mol. The van der Waals surface area contributed by atoms with E-state index in [1.165, 1.54) is 16.4 Å². The maximum absolute atomic E-state index is 12.5. The minimum atomic E-state index is -0.120. The monoisotopic (exact) mass is 463 g/mol. The van der Waals surface area contributed by atoms with E-state index in [1.807, 2.05) is 49.4 Å². The van der Waals surface area contributed by atoms with Gasteiger partial charge in [0.2, 0.25) is 11.1 Å². The summed E-state index contributed by atoms with van der Waals surface area (Å²) in [4.78, 5) is 12.5. The highest BCUT2D eigenvalue weighted by molar-refractivity contribution is 7.99. The number of thioether (sulfide) groups is 1. The maximum atomic E-state index is 12.5. The molecule has 1 amide bonds. The van der Waals surface area contributed by atoms with Crippen LogP contribution in [0.1, 0.15) is 18.5 Å². The number of hydrogen-bond acceptors (Lipinski definition) is 5. The zero-order valence-corrected chi connectivity index (χ0v) is 19.0. The van der Waals surface area contributed by atoms with Crippen LogP contribution < -0.4 is 11.2 Å². The molecule has 4 aromatic rings. The van der Waals surface area contributed by atoms with Gasteiger partial charge in [-0.3, -0.25) is 4.79 Å². The fourth-order valence-electron chi connectivity index (χ4n) is 3.29. The van der Waals surface area contributed by atoms with Crippen LogP contribution in [0.15, 0.2) is 84.0 Å². The molecule has 3 aromatic carbocycles. The molecule has 0 saturated carbocycles. The second kappa shape index (κ2) is 9.89. The fourth-order valence-corrected chi connectivity index (χ4v) is 4.15. The summed E-state index contributed by atoms with van der Waals surface area (Å²) < 4.78 is 1.37. The van der Waals surface area contributed by atoms with Crippen LogP contribution in [0.4, 0.5) is 0 Å². The van der Waals surface area contributed by atoms with E-state index in [-0.39, 0.29) is 17.7 Å². The second-order valence-corrected chi connectivity index (χ2v) is 8.63. The van der Waals surface area contributed by atoms with Crippen LogP contribution in [0.3, 0.4) is 0 Å². The van der Waals surface area contributed by atoms with Crippen molar-refractivity contribution >= 4 is 29.3 Å². The van der Waals surface area contributed by atoms with Gasteiger partial charge in [-0.1, -0.05) is 90.1 Å². The van der Waals surface area contributed by atoms with Gasteiger partial charge in [0.15, 0.2) is 5.82 Å². The number of halogens is 1. The Labute approximate surface area is 195 Å². The summed E-state index contributed by atoms with van der Waals surface area (Å²) in [6.07, 6.45) is 0. The topological polar surface area (TPSA) is 85.8 Å². The lowest BCUT2D eigenvalue weighted by molar-refractivity contribution is -0.119. The van der Waals surface area contributed by atoms with Crippen LogP contribution in [0.2, 0.25) is 5.02 Å². The van der Waals surface area contributed by atoms with Crippen molar-refractivity contribution in [3.63, 3.8) is 0 Å². The smallest absolute Gasteiger partial charge is 0.230 e. The van der Waals surface area contributed by atoms with Gasteiger partial charge in [-0.05, 0) is 35.7 Å². The van der Waals surface area contributed by atoms with Gasteiger partial charge in [0.05, 0.1) is 11.8 Å². The summed E-state index contributed by atoms with van der Waals surface area (Å²) in [5, 5.41) is 12.3. The molecule has 0 fully saturated rings. The molecular weight excluding hydrogens is 442 g/mol. The molecule has 0 unspecified atom stereocenters. The van der Waals surface area contributed by atoms with Crippen molar-refractivity contribution < 1.29 is 4.79 Å². The standard InChI is InChI=1S/C24H22ClN5OS/c1-16(17-10-12-19(13-11-17)18-6-3-2-4-7-18)27-22(31)15-32-24-29-28-23(30(24)26)20-8-5-9-21(25)14-20/h2-14,16H,15,26H2,1H3,(H,27,31)/t16-/m1/s1. The summed E-state index contributed by atoms with van der Waals surface area (Å²) in [6, 6.07) is 25.5. The van der Waals surface area contributed by atoms with E-state index in [2.05, 4.69) is 39.8 Å². The van der Waals surface area contributed by atoms with E-state index < -0.39 is 0 Å². The lowest BCUT2D eigenvalue weighted by atomic mass is 10.0. The van der Waals surface area contributed by atoms with Gasteiger partial charge in [0, 0.05) is 10.6 Å². The predicted molar refractivity (Wildman–Crippen MR) is 130 cm³/mol. The number of nitrogen functional groups attached to an aromatic ring is 1. The van der Waals surface area contributed by atoms with E-state index in [4.69, 9.17) is 17.4 Å². The van der Waals surface area contributed by atoms with Crippen molar-refractivity contribution in [2.75, 3.05) is 11.6 Å². The Morgan fingerprint density at radius 1 is 1.00 bits per heavy atom. The first-order valence-electron chi connectivity index (χ1n) is 10.1. The lowest BCUT2D eigenvalue weighted by Crippen LogP contribution is -2.28. The average Bonchev–Trinajstić information content (AvgIpc) is 3.18. The molecule has 0 aliphatic rings. The molecule has 162 valence electrons. The Kier molecular flexibility index (Phi) is 6.78. The highest BCUT2D eigenvalue weighted by Gasteiger charge is 2.15. The molecule has 32 heavy (non-hydrogen) atoms. The molecule has 0 bridgehead atoms. The molecule has 1 atom stereocenters. The molecule has 1 heterocycles. The zero-order chi connectivity index (χ0) is 22.5. The molecule has 8 heteroatoms. The largest absolute Gasteiger partial charge is 0.349 e. The third-order valence-corrected chi connectivity index (χ3v) is 6.15. The summed E-state index contributed by atoms with van der Waals surface area (Å²) in [5.74, 6) is 6.68. The van der Waals surface area contributed by atoms with Crippen molar-refractivity contribution in [2.24, 2.45) is 0 Å². The van der Waals surface area contributed by atoms with Gasteiger partial charge >= 0.3 is 0 Å². The number of hydrogen-bond donors (Lipinski definition) is 2. The van der Waals surface area contributed by atoms with E-state index in [9.17, 15) is 4.79 Å². The predicted octanol–water partition coefficient (Wildman–Crippen LogP) is 4.95. The van der Waals surface area contributed by atoms with Crippen LogP contribution in [0, 0.1) is 0 Å². The van der Waals surface area contributed by atoms with Gasteiger partial charge in [-0.25, -0.2) is 4.68 Å². The molecule has 1 aromatic heterocycles. The van der Waals surface area contributed by atoms with Gasteiger partial charge in [-0.2, -0.15) is 0 Å². The summed E-state index contributed by atoms with van der Waals surface area (Å²) in [5.41, 5.74) is 4.10. The minimum Gasteiger partial charge on any atom is -0.349 e. The highest BCUT2D eigenvalue weighted by atomic mass is 35.5. The first kappa shape index (κ1) is 21.9. The molecule has 3 N–H and O–H groups in total. The van der Waals surface area contributed by atoms with E-state index in [1.54, 1.807) is 12.1 Å². The third kappa shape index (κ3) is 5.12. The number of rotatable bonds is 7. The zero-order valence-electron chi connectivity index (χ0n) is 17.4. The Morgan fingerprint density at radius 3 is 2.41 bits per heavy atom. The van der Waals surface area contributed by atoms with E-state index in [0.717, 1.165) is 22.3 Å². The molecule has 0 aliphatic heterocycles. The maximum Gasteiger partial charge on any atom is 0.230 e. The van der Waals surface area contributed by atoms with Crippen LogP contribution in [0.5, 0.6) is 0 Å². The molecule has 6 nitrogen and oxygen atoms in total. The Morgan fingerprint density at radius 2 is 1.69 bits per heavy atom. The van der Waals surface area contributed by atoms with Gasteiger partial charge in [-0.15, -0.1) is 10.2 Å². The highest BCUT2D eigenvalue weighted by Crippen LogP contribution is 2.24. The van der Waals surface area contributed by atoms with E-state index >= 15 is 0 Å². The van der Waals surface area contributed by atoms with Crippen molar-refractivity contribution in [3.05, 3.63) is 89.4 Å². The molecular formula is C24H22ClN5OS. The van der Waals surface area contributed by atoms with Crippen molar-refractivity contribution in [1.29, 1.82) is 0 Å². The number of nitrogens with zero attached hydrogens (tertiary/aromatic N) is 3. The number of aromatic nitrogens is 3. The lowest BCUT2D eigenvalue weighted by Gasteiger charge is -2.15. The van der Waals surface area contributed by atoms with Gasteiger partial charge < -0.3 is 11.2 Å². The number of benzene rings is 3. The first-order chi connectivity index (χ1) is 15.5. The van der Waals surface area contributed by atoms with Crippen LogP contribution in [-0.2, 0) is 4.79 Å². The van der Waals surface area contributed by atoms with Crippen molar-refractivity contribution in [2.45, 2.75) is 18.1 Å². The van der Waals surface area contributed by atoms with Crippen molar-refractivity contribution in [1.82, 2.24) is 20.2 Å². The number of carbonyl (C=O) groups is 1. The quantitative estimate of drug-likeness (QED) is 0.299. The van der Waals surface area contributed by atoms with E-state index in [0.29, 0.717) is 16.0 Å². The second-order valence-electron chi connectivity index (χ2n) is 7.25. The molecule has 0 spiro atoms. The first-order valence-corrected chi connectivity index (χ1v) is 11.4. The molecule has 0 radical (unpaired) electrons. The molecule has 0 saturated heterocycles. The number of carbonyl (C=O) groups excluding carboxylic acids is 1. The Bertz CT molecular complexity index is 1210. The van der Waals surface area contributed by atoms with Crippen LogP contribution >= 0.6 is 23.4 Å². The SMILES string of the molecule is C[C@@H](NC(=O)CSc1nnc(-c2cccc(Cl)c2)n1N)c1ccc(-c2ccccc2)cc1. The normalized spacial score (nSPS) is 11.8. The van der Waals surface area contributed by atoms with Crippen LogP contribution in [-0.4, -0.2) is 26.5 Å². The minimum absolute atomic E-state index is 0.109. The summed E-state index contributed by atoms with van der Waals surface area (Å²) >= 11 is 7.27. The summed E-state index contributed by atoms with van der Waals surface area (Å²) in [7, 11) is 0. The van der Waals surface area contributed by atoms with Gasteiger partial charge in [0.1, 0.15) is 0 Å². The number of amides is 1. The number of nitrogens with two attached hydrogens (primary N) is 1. The number of nitrogens with one attached hydrogen (secondary N) is 1. The van der Waals surface area contributed by atoms with Gasteiger partial charge in [0.25, 0.3) is 0 Å². The molecule has 4 rings (SSSR count). The fraction of sp³-hybridized carbons (Fsp3) is 0.125. The summed E-state index contributed by atoms with van der Waals surface area (Å²) in [6.45, 7) is 1.96. The van der Waals surface area contributed by atoms with Crippen molar-refractivity contribution in [3.8, 4) is 22.5 Å². The molecule has 0 aliphatic carbocycles. The third-order valence-electron chi connectivity index (χ3n) is 4.98.